The molecule has 0 fully saturated rings. The van der Waals surface area contributed by atoms with Gasteiger partial charge in [0.05, 0.1) is 12.8 Å². The predicted molar refractivity (Wildman–Crippen MR) is 75.1 cm³/mol. The Morgan fingerprint density at radius 1 is 1.30 bits per heavy atom. The lowest BCUT2D eigenvalue weighted by Gasteiger charge is -2.14. The number of hydrogen-bond donors (Lipinski definition) is 1. The maximum atomic E-state index is 11.4. The van der Waals surface area contributed by atoms with E-state index in [2.05, 4.69) is 11.9 Å². The summed E-state index contributed by atoms with van der Waals surface area (Å²) in [7, 11) is 0. The van der Waals surface area contributed by atoms with Gasteiger partial charge in [-0.25, -0.2) is 9.59 Å². The molecule has 1 amide bonds. The van der Waals surface area contributed by atoms with E-state index in [0.717, 1.165) is 5.57 Å². The maximum absolute atomic E-state index is 11.4. The first kappa shape index (κ1) is 18.0. The minimum atomic E-state index is -0.579. The Morgan fingerprint density at radius 3 is 2.50 bits per heavy atom. The van der Waals surface area contributed by atoms with Crippen molar-refractivity contribution in [2.75, 3.05) is 19.8 Å². The number of hydrogen-bond acceptors (Lipinski definition) is 5. The fourth-order valence-corrected chi connectivity index (χ4v) is 1.01. The molecular weight excluding hydrogens is 262 g/mol. The normalized spacial score (nSPS) is 11.0. The molecule has 1 atom stereocenters. The van der Waals surface area contributed by atoms with Crippen molar-refractivity contribution >= 4 is 12.1 Å². The monoisotopic (exact) mass is 285 g/mol. The van der Waals surface area contributed by atoms with Gasteiger partial charge in [0.1, 0.15) is 19.3 Å². The van der Waals surface area contributed by atoms with Crippen molar-refractivity contribution in [3.05, 3.63) is 24.0 Å². The predicted octanol–water partition coefficient (Wildman–Crippen LogP) is 2.16. The second-order valence-electron chi connectivity index (χ2n) is 4.59. The molecule has 1 N–H and O–H groups in total. The summed E-state index contributed by atoms with van der Waals surface area (Å²) in [4.78, 5) is 22.5. The Hall–Kier alpha value is -1.98. The number of rotatable bonds is 8. The largest absolute Gasteiger partial charge is 0.499 e. The summed E-state index contributed by atoms with van der Waals surface area (Å²) in [5.41, 5.74) is 1.35. The van der Waals surface area contributed by atoms with E-state index >= 15 is 0 Å². The second kappa shape index (κ2) is 9.89. The Morgan fingerprint density at radius 2 is 1.95 bits per heavy atom. The lowest BCUT2D eigenvalue weighted by Crippen LogP contribution is -2.32. The van der Waals surface area contributed by atoms with Crippen molar-refractivity contribution in [1.82, 2.24) is 5.32 Å². The van der Waals surface area contributed by atoms with Gasteiger partial charge in [-0.1, -0.05) is 6.58 Å². The van der Waals surface area contributed by atoms with Gasteiger partial charge in [0, 0.05) is 5.57 Å². The van der Waals surface area contributed by atoms with Gasteiger partial charge in [0.2, 0.25) is 0 Å². The topological polar surface area (TPSA) is 73.9 Å². The minimum absolute atomic E-state index is 0.00657. The lowest BCUT2D eigenvalue weighted by atomic mass is 10.3. The maximum Gasteiger partial charge on any atom is 0.407 e. The first-order chi connectivity index (χ1) is 9.32. The molecule has 0 aromatic heterocycles. The van der Waals surface area contributed by atoms with E-state index in [1.54, 1.807) is 20.1 Å². The summed E-state index contributed by atoms with van der Waals surface area (Å²) >= 11 is 0. The second-order valence-corrected chi connectivity index (χ2v) is 4.59. The zero-order valence-corrected chi connectivity index (χ0v) is 12.5. The van der Waals surface area contributed by atoms with E-state index in [0.29, 0.717) is 18.7 Å². The molecule has 0 spiro atoms. The van der Waals surface area contributed by atoms with Gasteiger partial charge in [-0.15, -0.1) is 0 Å². The van der Waals surface area contributed by atoms with Crippen LogP contribution in [-0.2, 0) is 19.0 Å². The van der Waals surface area contributed by atoms with E-state index in [1.165, 1.54) is 0 Å². The van der Waals surface area contributed by atoms with Crippen LogP contribution in [0, 0.1) is 0 Å². The highest BCUT2D eigenvalue weighted by Crippen LogP contribution is 1.97. The van der Waals surface area contributed by atoms with Crippen LogP contribution in [0.3, 0.4) is 0 Å². The zero-order chi connectivity index (χ0) is 15.5. The minimum Gasteiger partial charge on any atom is -0.499 e. The highest BCUT2D eigenvalue weighted by atomic mass is 16.6. The number of carbonyl (C=O) groups excluding carboxylic acids is 2. The van der Waals surface area contributed by atoms with Crippen LogP contribution in [0.4, 0.5) is 4.79 Å². The average Bonchev–Trinajstić information content (AvgIpc) is 2.34. The van der Waals surface area contributed by atoms with Crippen molar-refractivity contribution in [3.63, 3.8) is 0 Å². The highest BCUT2D eigenvalue weighted by Gasteiger charge is 2.12. The molecule has 0 heterocycles. The third kappa shape index (κ3) is 9.99. The highest BCUT2D eigenvalue weighted by molar-refractivity contribution is 5.86. The van der Waals surface area contributed by atoms with Gasteiger partial charge in [-0.05, 0) is 33.3 Å². The smallest absolute Gasteiger partial charge is 0.407 e. The Balaban J connectivity index is 3.72. The summed E-state index contributed by atoms with van der Waals surface area (Å²) in [6.45, 7) is 11.1. The SMILES string of the molecule is C=C(C)C(=O)OCC(C)OC(=O)NCCOC=C(C)C. The van der Waals surface area contributed by atoms with E-state index < -0.39 is 18.2 Å². The van der Waals surface area contributed by atoms with Crippen LogP contribution in [0.25, 0.3) is 0 Å². The van der Waals surface area contributed by atoms with Gasteiger partial charge in [-0.3, -0.25) is 0 Å². The number of alkyl carbamates (subject to hydrolysis) is 1. The summed E-state index contributed by atoms with van der Waals surface area (Å²) < 4.78 is 15.0. The quantitative estimate of drug-likeness (QED) is 0.320. The fraction of sp³-hybridized carbons (Fsp3) is 0.571. The van der Waals surface area contributed by atoms with Crippen LogP contribution in [0.5, 0.6) is 0 Å². The van der Waals surface area contributed by atoms with Gasteiger partial charge < -0.3 is 19.5 Å². The molecule has 0 saturated heterocycles. The number of allylic oxidation sites excluding steroid dienone is 1. The lowest BCUT2D eigenvalue weighted by molar-refractivity contribution is -0.141. The van der Waals surface area contributed by atoms with Gasteiger partial charge >= 0.3 is 12.1 Å². The zero-order valence-electron chi connectivity index (χ0n) is 12.5. The van der Waals surface area contributed by atoms with E-state index in [4.69, 9.17) is 14.2 Å². The van der Waals surface area contributed by atoms with Crippen LogP contribution >= 0.6 is 0 Å². The van der Waals surface area contributed by atoms with Crippen molar-refractivity contribution < 1.29 is 23.8 Å². The molecule has 0 aromatic carbocycles. The molecule has 6 nitrogen and oxygen atoms in total. The summed E-state index contributed by atoms with van der Waals surface area (Å²) in [5.74, 6) is -0.504. The van der Waals surface area contributed by atoms with E-state index in [-0.39, 0.29) is 6.61 Å². The molecular formula is C14H23NO5. The molecule has 0 bridgehead atoms. The Bertz CT molecular complexity index is 372. The molecule has 20 heavy (non-hydrogen) atoms. The van der Waals surface area contributed by atoms with Crippen molar-refractivity contribution in [2.24, 2.45) is 0 Å². The molecule has 0 aliphatic carbocycles. The standard InChI is InChI=1S/C14H23NO5/c1-10(2)8-18-7-6-15-14(17)20-12(5)9-19-13(16)11(3)4/h8,12H,3,6-7,9H2,1-2,4-5H3,(H,15,17). The number of amides is 1. The van der Waals surface area contributed by atoms with Crippen LogP contribution in [0.1, 0.15) is 27.7 Å². The average molecular weight is 285 g/mol. The summed E-state index contributed by atoms with van der Waals surface area (Å²) in [6, 6.07) is 0. The van der Waals surface area contributed by atoms with Crippen LogP contribution < -0.4 is 5.32 Å². The van der Waals surface area contributed by atoms with Crippen LogP contribution in [0.15, 0.2) is 24.0 Å². The first-order valence-corrected chi connectivity index (χ1v) is 6.35. The van der Waals surface area contributed by atoms with E-state index in [9.17, 15) is 9.59 Å². The number of nitrogens with one attached hydrogen (secondary N) is 1. The molecule has 0 saturated carbocycles. The molecule has 0 aliphatic rings. The molecule has 114 valence electrons. The Kier molecular flexibility index (Phi) is 8.91. The first-order valence-electron chi connectivity index (χ1n) is 6.35. The third-order valence-corrected chi connectivity index (χ3v) is 1.91. The van der Waals surface area contributed by atoms with Crippen molar-refractivity contribution in [2.45, 2.75) is 33.8 Å². The van der Waals surface area contributed by atoms with Crippen molar-refractivity contribution in [1.29, 1.82) is 0 Å². The number of carbonyl (C=O) groups is 2. The summed E-state index contributed by atoms with van der Waals surface area (Å²) in [6.07, 6.45) is 0.508. The van der Waals surface area contributed by atoms with Crippen molar-refractivity contribution in [3.8, 4) is 0 Å². The van der Waals surface area contributed by atoms with Gasteiger partial charge in [0.25, 0.3) is 0 Å². The van der Waals surface area contributed by atoms with Crippen LogP contribution in [-0.4, -0.2) is 37.9 Å². The van der Waals surface area contributed by atoms with Gasteiger partial charge in [-0.2, -0.15) is 0 Å². The molecule has 0 rings (SSSR count). The molecule has 6 heteroatoms. The Labute approximate surface area is 119 Å². The molecule has 0 aromatic rings. The molecule has 0 radical (unpaired) electrons. The number of ether oxygens (including phenoxy) is 3. The number of esters is 1. The molecule has 1 unspecified atom stereocenters. The van der Waals surface area contributed by atoms with Crippen LogP contribution in [0.2, 0.25) is 0 Å². The van der Waals surface area contributed by atoms with E-state index in [1.807, 2.05) is 13.8 Å². The third-order valence-electron chi connectivity index (χ3n) is 1.91. The van der Waals surface area contributed by atoms with Gasteiger partial charge in [0.15, 0.2) is 0 Å². The molecule has 0 aliphatic heterocycles. The summed E-state index contributed by atoms with van der Waals surface area (Å²) in [5, 5.41) is 2.52. The fourth-order valence-electron chi connectivity index (χ4n) is 1.01.